The van der Waals surface area contributed by atoms with Crippen molar-refractivity contribution in [1.29, 1.82) is 0 Å². The maximum Gasteiger partial charge on any atom is 0.239 e. The van der Waals surface area contributed by atoms with E-state index < -0.39 is 6.04 Å². The molecule has 0 unspecified atom stereocenters. The molecule has 14 heavy (non-hydrogen) atoms. The van der Waals surface area contributed by atoms with E-state index in [0.717, 1.165) is 18.8 Å². The Balaban J connectivity index is 2.27. The zero-order chi connectivity index (χ0) is 10.6. The van der Waals surface area contributed by atoms with Crippen molar-refractivity contribution in [2.24, 2.45) is 11.7 Å². The lowest BCUT2D eigenvalue weighted by molar-refractivity contribution is -0.124. The van der Waals surface area contributed by atoms with Crippen molar-refractivity contribution in [2.45, 2.75) is 44.7 Å². The van der Waals surface area contributed by atoms with Crippen LogP contribution < -0.4 is 11.1 Å². The number of aliphatic hydroxyl groups excluding tert-OH is 1. The molecule has 0 heterocycles. The molecule has 1 fully saturated rings. The highest BCUT2D eigenvalue weighted by molar-refractivity contribution is 5.81. The van der Waals surface area contributed by atoms with E-state index in [1.54, 1.807) is 0 Å². The number of aliphatic hydroxyl groups is 1. The largest absolute Gasteiger partial charge is 0.394 e. The van der Waals surface area contributed by atoms with Crippen LogP contribution in [0, 0.1) is 5.92 Å². The first-order valence-corrected chi connectivity index (χ1v) is 5.30. The lowest BCUT2D eigenvalue weighted by atomic mass is 9.87. The average molecular weight is 200 g/mol. The number of rotatable bonds is 3. The van der Waals surface area contributed by atoms with Gasteiger partial charge in [-0.2, -0.15) is 0 Å². The van der Waals surface area contributed by atoms with Crippen LogP contribution in [0.4, 0.5) is 0 Å². The van der Waals surface area contributed by atoms with Crippen LogP contribution in [0.5, 0.6) is 0 Å². The maximum atomic E-state index is 11.3. The third-order valence-corrected chi connectivity index (χ3v) is 2.90. The van der Waals surface area contributed by atoms with Gasteiger partial charge in [0.1, 0.15) is 6.04 Å². The molecular formula is C10H20N2O2. The number of nitrogens with two attached hydrogens (primary N) is 1. The second kappa shape index (κ2) is 5.32. The van der Waals surface area contributed by atoms with Gasteiger partial charge in [-0.1, -0.05) is 6.92 Å². The highest BCUT2D eigenvalue weighted by Crippen LogP contribution is 2.23. The maximum absolute atomic E-state index is 11.3. The Labute approximate surface area is 84.9 Å². The zero-order valence-corrected chi connectivity index (χ0v) is 8.70. The van der Waals surface area contributed by atoms with E-state index in [4.69, 9.17) is 10.8 Å². The van der Waals surface area contributed by atoms with Crippen LogP contribution in [0.25, 0.3) is 0 Å². The quantitative estimate of drug-likeness (QED) is 0.600. The smallest absolute Gasteiger partial charge is 0.239 e. The fourth-order valence-corrected chi connectivity index (χ4v) is 1.80. The molecule has 4 N–H and O–H groups in total. The molecule has 1 rings (SSSR count). The van der Waals surface area contributed by atoms with Gasteiger partial charge < -0.3 is 16.2 Å². The Hall–Kier alpha value is -0.610. The molecule has 0 radical (unpaired) electrons. The highest BCUT2D eigenvalue weighted by Gasteiger charge is 2.21. The van der Waals surface area contributed by atoms with Crippen LogP contribution >= 0.6 is 0 Å². The summed E-state index contributed by atoms with van der Waals surface area (Å²) in [5.74, 6) is 0.543. The highest BCUT2D eigenvalue weighted by atomic mass is 16.3. The monoisotopic (exact) mass is 200 g/mol. The zero-order valence-electron chi connectivity index (χ0n) is 8.70. The van der Waals surface area contributed by atoms with E-state index in [0.29, 0.717) is 0 Å². The van der Waals surface area contributed by atoms with Crippen LogP contribution in [-0.4, -0.2) is 29.7 Å². The number of nitrogens with one attached hydrogen (secondary N) is 1. The summed E-state index contributed by atoms with van der Waals surface area (Å²) in [6.07, 6.45) is 4.40. The van der Waals surface area contributed by atoms with E-state index in [1.165, 1.54) is 12.8 Å². The SMILES string of the molecule is C[C@H]1CC[C@H](NC(=O)[C@H](N)CO)CC1. The van der Waals surface area contributed by atoms with E-state index in [1.807, 2.05) is 0 Å². The third kappa shape index (κ3) is 3.27. The van der Waals surface area contributed by atoms with Crippen molar-refractivity contribution in [3.05, 3.63) is 0 Å². The van der Waals surface area contributed by atoms with Gasteiger partial charge in [-0.3, -0.25) is 4.79 Å². The molecule has 82 valence electrons. The summed E-state index contributed by atoms with van der Waals surface area (Å²) in [6, 6.07) is -0.509. The molecule has 4 heteroatoms. The van der Waals surface area contributed by atoms with Gasteiger partial charge in [-0.05, 0) is 31.6 Å². The number of hydrogen-bond acceptors (Lipinski definition) is 3. The minimum absolute atomic E-state index is 0.230. The number of carbonyl (C=O) groups excluding carboxylic acids is 1. The van der Waals surface area contributed by atoms with Crippen molar-refractivity contribution in [3.8, 4) is 0 Å². The van der Waals surface area contributed by atoms with Gasteiger partial charge in [-0.15, -0.1) is 0 Å². The van der Waals surface area contributed by atoms with Gasteiger partial charge in [0.25, 0.3) is 0 Å². The summed E-state index contributed by atoms with van der Waals surface area (Å²) in [5.41, 5.74) is 5.40. The molecule has 1 atom stereocenters. The Morgan fingerprint density at radius 2 is 2.07 bits per heavy atom. The van der Waals surface area contributed by atoms with Crippen molar-refractivity contribution < 1.29 is 9.90 Å². The summed E-state index contributed by atoms with van der Waals surface area (Å²) < 4.78 is 0. The Morgan fingerprint density at radius 3 is 2.57 bits per heavy atom. The molecule has 1 aliphatic rings. The van der Waals surface area contributed by atoms with Gasteiger partial charge in [-0.25, -0.2) is 0 Å². The standard InChI is InChI=1S/C10H20N2O2/c1-7-2-4-8(5-3-7)12-10(14)9(11)6-13/h7-9,13H,2-6,11H2,1H3,(H,12,14)/t7-,8-,9-/m1/s1. The normalized spacial score (nSPS) is 29.6. The van der Waals surface area contributed by atoms with Crippen LogP contribution in [-0.2, 0) is 4.79 Å². The predicted octanol–water partition coefficient (Wildman–Crippen LogP) is 0.000900. The van der Waals surface area contributed by atoms with Crippen LogP contribution in [0.1, 0.15) is 32.6 Å². The lowest BCUT2D eigenvalue weighted by Gasteiger charge is -2.27. The van der Waals surface area contributed by atoms with Crippen molar-refractivity contribution in [2.75, 3.05) is 6.61 Å². The van der Waals surface area contributed by atoms with Crippen molar-refractivity contribution in [3.63, 3.8) is 0 Å². The van der Waals surface area contributed by atoms with E-state index >= 15 is 0 Å². The fraction of sp³-hybridized carbons (Fsp3) is 0.900. The van der Waals surface area contributed by atoms with E-state index in [2.05, 4.69) is 12.2 Å². The molecule has 1 aliphatic carbocycles. The number of hydrogen-bond donors (Lipinski definition) is 3. The second-order valence-electron chi connectivity index (χ2n) is 4.25. The van der Waals surface area contributed by atoms with Crippen LogP contribution in [0.3, 0.4) is 0 Å². The molecule has 0 bridgehead atoms. The molecule has 1 saturated carbocycles. The number of amides is 1. The van der Waals surface area contributed by atoms with Gasteiger partial charge in [0, 0.05) is 6.04 Å². The minimum Gasteiger partial charge on any atom is -0.394 e. The molecule has 0 spiro atoms. The minimum atomic E-state index is -0.769. The molecule has 0 saturated heterocycles. The Morgan fingerprint density at radius 1 is 1.50 bits per heavy atom. The van der Waals surface area contributed by atoms with Gasteiger partial charge in [0.15, 0.2) is 0 Å². The molecule has 0 aromatic rings. The summed E-state index contributed by atoms with van der Waals surface area (Å²) in [5, 5.41) is 11.6. The van der Waals surface area contributed by atoms with Gasteiger partial charge in [0.2, 0.25) is 5.91 Å². The van der Waals surface area contributed by atoms with Gasteiger partial charge >= 0.3 is 0 Å². The molecular weight excluding hydrogens is 180 g/mol. The summed E-state index contributed by atoms with van der Waals surface area (Å²) >= 11 is 0. The second-order valence-corrected chi connectivity index (χ2v) is 4.25. The first kappa shape index (κ1) is 11.5. The van der Waals surface area contributed by atoms with E-state index in [9.17, 15) is 4.79 Å². The Kier molecular flexibility index (Phi) is 4.35. The molecule has 0 aromatic heterocycles. The summed E-state index contributed by atoms with van der Waals surface area (Å²) in [6.45, 7) is 1.95. The fourth-order valence-electron chi connectivity index (χ4n) is 1.80. The predicted molar refractivity (Wildman–Crippen MR) is 54.6 cm³/mol. The molecule has 1 amide bonds. The molecule has 4 nitrogen and oxygen atoms in total. The van der Waals surface area contributed by atoms with Crippen LogP contribution in [0.2, 0.25) is 0 Å². The lowest BCUT2D eigenvalue weighted by Crippen LogP contribution is -2.47. The Bertz CT molecular complexity index is 189. The average Bonchev–Trinajstić information content (AvgIpc) is 2.20. The van der Waals surface area contributed by atoms with Crippen molar-refractivity contribution >= 4 is 5.91 Å². The van der Waals surface area contributed by atoms with Crippen molar-refractivity contribution in [1.82, 2.24) is 5.32 Å². The number of carbonyl (C=O) groups is 1. The van der Waals surface area contributed by atoms with Crippen LogP contribution in [0.15, 0.2) is 0 Å². The first-order chi connectivity index (χ1) is 6.63. The summed E-state index contributed by atoms with van der Waals surface area (Å²) in [7, 11) is 0. The molecule has 0 aliphatic heterocycles. The first-order valence-electron chi connectivity index (χ1n) is 5.30. The van der Waals surface area contributed by atoms with E-state index in [-0.39, 0.29) is 18.6 Å². The summed E-state index contributed by atoms with van der Waals surface area (Å²) in [4.78, 5) is 11.3. The third-order valence-electron chi connectivity index (χ3n) is 2.90. The molecule has 0 aromatic carbocycles. The topological polar surface area (TPSA) is 75.4 Å². The van der Waals surface area contributed by atoms with Gasteiger partial charge in [0.05, 0.1) is 6.61 Å².